The van der Waals surface area contributed by atoms with Crippen LogP contribution in [0.25, 0.3) is 10.9 Å². The van der Waals surface area contributed by atoms with E-state index in [9.17, 15) is 4.79 Å². The molecule has 1 saturated heterocycles. The minimum atomic E-state index is 0.0208. The van der Waals surface area contributed by atoms with Crippen LogP contribution in [0.2, 0.25) is 0 Å². The Labute approximate surface area is 194 Å². The third-order valence-corrected chi connectivity index (χ3v) is 7.28. The molecule has 1 fully saturated rings. The van der Waals surface area contributed by atoms with E-state index >= 15 is 0 Å². The maximum absolute atomic E-state index is 13.3. The molecule has 1 aromatic heterocycles. The number of rotatable bonds is 6. The Morgan fingerprint density at radius 1 is 1.19 bits per heavy atom. The van der Waals surface area contributed by atoms with Crippen molar-refractivity contribution in [3.05, 3.63) is 58.2 Å². The number of benzene rings is 1. The van der Waals surface area contributed by atoms with Crippen molar-refractivity contribution in [1.82, 2.24) is 14.8 Å². The maximum Gasteiger partial charge on any atom is 0.268 e. The molecule has 1 aliphatic carbocycles. The van der Waals surface area contributed by atoms with Gasteiger partial charge in [-0.2, -0.15) is 0 Å². The monoisotopic (exact) mass is 459 g/mol. The fourth-order valence-electron chi connectivity index (χ4n) is 4.68. The van der Waals surface area contributed by atoms with Gasteiger partial charge in [-0.05, 0) is 63.7 Å². The number of para-hydroxylation sites is 1. The first kappa shape index (κ1) is 22.4. The van der Waals surface area contributed by atoms with Crippen molar-refractivity contribution >= 4 is 40.0 Å². The standard InChI is InChI=1S/C25H31Cl2N3O/c1-17(2)29-12-10-21(11-13-29)28-25(31)24-15-19-5-3-4-6-23(19)30(24)14-9-18-7-8-20(26)16-22(18)27/h3-6,8,15-18,21H,7,9-14H2,1-2H3,(H,28,31). The molecule has 1 aliphatic heterocycles. The number of nitrogens with zero attached hydrogens (tertiary/aromatic N) is 2. The molecule has 31 heavy (non-hydrogen) atoms. The maximum atomic E-state index is 13.3. The summed E-state index contributed by atoms with van der Waals surface area (Å²) in [6.07, 6.45) is 7.55. The second kappa shape index (κ2) is 9.81. The van der Waals surface area contributed by atoms with Gasteiger partial charge in [0.1, 0.15) is 5.69 Å². The zero-order valence-electron chi connectivity index (χ0n) is 18.3. The number of amides is 1. The van der Waals surface area contributed by atoms with E-state index < -0.39 is 0 Å². The van der Waals surface area contributed by atoms with Gasteiger partial charge in [-0.1, -0.05) is 47.5 Å². The number of carbonyl (C=O) groups is 1. The molecule has 4 rings (SSSR count). The number of halogens is 2. The van der Waals surface area contributed by atoms with E-state index in [2.05, 4.69) is 40.8 Å². The Morgan fingerprint density at radius 3 is 2.65 bits per heavy atom. The highest BCUT2D eigenvalue weighted by atomic mass is 35.5. The number of allylic oxidation sites excluding steroid dienone is 4. The van der Waals surface area contributed by atoms with Crippen LogP contribution < -0.4 is 5.32 Å². The minimum absolute atomic E-state index is 0.0208. The third kappa shape index (κ3) is 5.19. The van der Waals surface area contributed by atoms with Gasteiger partial charge >= 0.3 is 0 Å². The summed E-state index contributed by atoms with van der Waals surface area (Å²) >= 11 is 12.5. The highest BCUT2D eigenvalue weighted by Crippen LogP contribution is 2.32. The van der Waals surface area contributed by atoms with Gasteiger partial charge in [-0.15, -0.1) is 0 Å². The first-order valence-electron chi connectivity index (χ1n) is 11.3. The van der Waals surface area contributed by atoms with Crippen LogP contribution in [0.4, 0.5) is 0 Å². The molecule has 166 valence electrons. The van der Waals surface area contributed by atoms with Crippen molar-refractivity contribution in [2.45, 2.75) is 58.2 Å². The lowest BCUT2D eigenvalue weighted by molar-refractivity contribution is 0.0891. The van der Waals surface area contributed by atoms with Gasteiger partial charge in [0.15, 0.2) is 0 Å². The molecule has 1 aromatic carbocycles. The van der Waals surface area contributed by atoms with Gasteiger partial charge < -0.3 is 14.8 Å². The van der Waals surface area contributed by atoms with E-state index in [1.165, 1.54) is 0 Å². The molecule has 1 amide bonds. The molecule has 2 aromatic rings. The summed E-state index contributed by atoms with van der Waals surface area (Å²) in [6.45, 7) is 7.27. The lowest BCUT2D eigenvalue weighted by Crippen LogP contribution is -2.46. The summed E-state index contributed by atoms with van der Waals surface area (Å²) < 4.78 is 2.15. The second-order valence-electron chi connectivity index (χ2n) is 8.96. The van der Waals surface area contributed by atoms with Crippen LogP contribution in [0.5, 0.6) is 0 Å². The fourth-order valence-corrected chi connectivity index (χ4v) is 5.25. The number of carbonyl (C=O) groups excluding carboxylic acids is 1. The Hall–Kier alpha value is -1.75. The van der Waals surface area contributed by atoms with E-state index in [0.29, 0.717) is 11.1 Å². The van der Waals surface area contributed by atoms with Crippen molar-refractivity contribution in [3.8, 4) is 0 Å². The summed E-state index contributed by atoms with van der Waals surface area (Å²) in [7, 11) is 0. The van der Waals surface area contributed by atoms with Crippen molar-refractivity contribution in [1.29, 1.82) is 0 Å². The van der Waals surface area contributed by atoms with Crippen molar-refractivity contribution in [3.63, 3.8) is 0 Å². The van der Waals surface area contributed by atoms with Crippen LogP contribution in [0.1, 0.15) is 50.0 Å². The lowest BCUT2D eigenvalue weighted by atomic mass is 9.97. The zero-order valence-corrected chi connectivity index (χ0v) is 19.8. The van der Waals surface area contributed by atoms with E-state index in [0.717, 1.165) is 66.9 Å². The minimum Gasteiger partial charge on any atom is -0.348 e. The summed E-state index contributed by atoms with van der Waals surface area (Å²) in [5.74, 6) is 0.258. The average molecular weight is 460 g/mol. The summed E-state index contributed by atoms with van der Waals surface area (Å²) in [5.41, 5.74) is 1.82. The third-order valence-electron chi connectivity index (χ3n) is 6.60. The van der Waals surface area contributed by atoms with Crippen molar-refractivity contribution < 1.29 is 4.79 Å². The van der Waals surface area contributed by atoms with Crippen LogP contribution in [0, 0.1) is 5.92 Å². The second-order valence-corrected chi connectivity index (χ2v) is 9.83. The normalized spacial score (nSPS) is 20.7. The van der Waals surface area contributed by atoms with Gasteiger partial charge in [0, 0.05) is 52.7 Å². The number of likely N-dealkylation sites (tertiary alicyclic amines) is 1. The van der Waals surface area contributed by atoms with Crippen molar-refractivity contribution in [2.24, 2.45) is 5.92 Å². The molecular weight excluding hydrogens is 429 g/mol. The molecule has 1 unspecified atom stereocenters. The smallest absolute Gasteiger partial charge is 0.268 e. The Morgan fingerprint density at radius 2 is 1.94 bits per heavy atom. The summed E-state index contributed by atoms with van der Waals surface area (Å²) in [5, 5.41) is 5.89. The molecule has 6 heteroatoms. The van der Waals surface area contributed by atoms with Gasteiger partial charge in [-0.3, -0.25) is 4.79 Å². The Bertz CT molecular complexity index is 999. The summed E-state index contributed by atoms with van der Waals surface area (Å²) in [4.78, 5) is 15.7. The summed E-state index contributed by atoms with van der Waals surface area (Å²) in [6, 6.07) is 11.0. The van der Waals surface area contributed by atoms with Gasteiger partial charge in [0.25, 0.3) is 5.91 Å². The molecule has 2 aliphatic rings. The van der Waals surface area contributed by atoms with Crippen LogP contribution in [0.3, 0.4) is 0 Å². The molecule has 2 heterocycles. The van der Waals surface area contributed by atoms with Gasteiger partial charge in [0.2, 0.25) is 0 Å². The Kier molecular flexibility index (Phi) is 7.10. The molecule has 0 spiro atoms. The van der Waals surface area contributed by atoms with E-state index in [4.69, 9.17) is 23.2 Å². The number of aromatic nitrogens is 1. The predicted molar refractivity (Wildman–Crippen MR) is 130 cm³/mol. The number of hydrogen-bond donors (Lipinski definition) is 1. The van der Waals surface area contributed by atoms with Crippen LogP contribution >= 0.6 is 23.2 Å². The van der Waals surface area contributed by atoms with Crippen LogP contribution in [-0.4, -0.2) is 40.5 Å². The van der Waals surface area contributed by atoms with Crippen LogP contribution in [-0.2, 0) is 6.54 Å². The number of fused-ring (bicyclic) bond motifs is 1. The number of aryl methyl sites for hydroxylation is 1. The fraction of sp³-hybridized carbons (Fsp3) is 0.480. The van der Waals surface area contributed by atoms with E-state index in [1.807, 2.05) is 30.4 Å². The van der Waals surface area contributed by atoms with Gasteiger partial charge in [-0.25, -0.2) is 0 Å². The number of hydrogen-bond acceptors (Lipinski definition) is 2. The highest BCUT2D eigenvalue weighted by molar-refractivity contribution is 6.35. The molecule has 1 atom stereocenters. The molecule has 0 radical (unpaired) electrons. The van der Waals surface area contributed by atoms with Crippen molar-refractivity contribution in [2.75, 3.05) is 13.1 Å². The van der Waals surface area contributed by atoms with Crippen LogP contribution in [0.15, 0.2) is 52.5 Å². The zero-order chi connectivity index (χ0) is 22.0. The first-order valence-corrected chi connectivity index (χ1v) is 12.0. The predicted octanol–water partition coefficient (Wildman–Crippen LogP) is 5.90. The topological polar surface area (TPSA) is 37.3 Å². The Balaban J connectivity index is 1.49. The molecule has 0 saturated carbocycles. The largest absolute Gasteiger partial charge is 0.348 e. The van der Waals surface area contributed by atoms with E-state index in [1.54, 1.807) is 0 Å². The average Bonchev–Trinajstić information content (AvgIpc) is 3.12. The lowest BCUT2D eigenvalue weighted by Gasteiger charge is -2.34. The van der Waals surface area contributed by atoms with Gasteiger partial charge in [0.05, 0.1) is 0 Å². The quantitative estimate of drug-likeness (QED) is 0.583. The first-order chi connectivity index (χ1) is 14.9. The number of nitrogens with one attached hydrogen (secondary N) is 1. The SMILES string of the molecule is CC(C)N1CCC(NC(=O)c2cc3ccccc3n2CCC2CC=C(Cl)C=C2Cl)CC1. The molecule has 4 nitrogen and oxygen atoms in total. The number of piperidine rings is 1. The molecule has 1 N–H and O–H groups in total. The highest BCUT2D eigenvalue weighted by Gasteiger charge is 2.25. The molecule has 0 bridgehead atoms. The molecular formula is C25H31Cl2N3O. The van der Waals surface area contributed by atoms with E-state index in [-0.39, 0.29) is 17.9 Å².